The van der Waals surface area contributed by atoms with E-state index in [1.165, 1.54) is 11.7 Å². The third-order valence-corrected chi connectivity index (χ3v) is 6.30. The number of alkyl halides is 2. The molecule has 1 atom stereocenters. The maximum absolute atomic E-state index is 14.2. The van der Waals surface area contributed by atoms with E-state index in [-0.39, 0.29) is 5.95 Å². The Morgan fingerprint density at radius 3 is 2.47 bits per heavy atom. The molecule has 0 saturated carbocycles. The summed E-state index contributed by atoms with van der Waals surface area (Å²) >= 11 is 0. The fourth-order valence-corrected chi connectivity index (χ4v) is 4.50. The molecular formula is C22H28F2N8O2. The summed E-state index contributed by atoms with van der Waals surface area (Å²) in [5.74, 6) is 1.01. The Kier molecular flexibility index (Phi) is 6.42. The molecule has 2 saturated heterocycles. The minimum atomic E-state index is -2.83. The molecule has 2 aliphatic heterocycles. The van der Waals surface area contributed by atoms with Crippen molar-refractivity contribution in [1.29, 1.82) is 0 Å². The summed E-state index contributed by atoms with van der Waals surface area (Å²) in [6, 6.07) is 5.45. The summed E-state index contributed by atoms with van der Waals surface area (Å²) in [5, 5.41) is 3.32. The summed E-state index contributed by atoms with van der Waals surface area (Å²) in [4.78, 5) is 22.3. The van der Waals surface area contributed by atoms with E-state index in [1.807, 2.05) is 11.9 Å². The van der Waals surface area contributed by atoms with Gasteiger partial charge in [0, 0.05) is 32.2 Å². The number of hydrogen-bond acceptors (Lipinski definition) is 9. The molecule has 34 heavy (non-hydrogen) atoms. The molecule has 2 aliphatic rings. The van der Waals surface area contributed by atoms with Crippen molar-refractivity contribution in [3.63, 3.8) is 0 Å². The molecule has 182 valence electrons. The highest BCUT2D eigenvalue weighted by Crippen LogP contribution is 2.32. The van der Waals surface area contributed by atoms with Crippen LogP contribution in [0.25, 0.3) is 17.0 Å². The average Bonchev–Trinajstić information content (AvgIpc) is 3.29. The van der Waals surface area contributed by atoms with Gasteiger partial charge in [-0.05, 0) is 32.0 Å². The van der Waals surface area contributed by atoms with Crippen LogP contribution in [0.5, 0.6) is 5.75 Å². The van der Waals surface area contributed by atoms with Crippen LogP contribution in [-0.2, 0) is 4.74 Å². The van der Waals surface area contributed by atoms with Crippen LogP contribution in [0.2, 0.25) is 0 Å². The SMILES string of the molecule is CN[C@H]1CCCN(c2nc(N3CCOCC3)nc(-n3c(C(F)F)nc4c(OC)cccc43)n2)C1. The zero-order chi connectivity index (χ0) is 23.7. The predicted octanol–water partition coefficient (Wildman–Crippen LogP) is 2.18. The number of para-hydroxylation sites is 1. The molecule has 0 spiro atoms. The second kappa shape index (κ2) is 9.63. The highest BCUT2D eigenvalue weighted by atomic mass is 19.3. The standard InChI is InChI=1S/C22H28F2N8O2/c1-25-14-5-4-8-31(13-14)21-27-20(30-9-11-34-12-10-30)28-22(29-21)32-15-6-3-7-16(33-2)17(15)26-19(32)18(23)24/h3,6-7,14,18,25H,4-5,8-13H2,1-2H3/t14-/m0/s1. The number of anilines is 2. The molecule has 2 fully saturated rings. The molecule has 5 rings (SSSR count). The van der Waals surface area contributed by atoms with Gasteiger partial charge in [0.15, 0.2) is 5.82 Å². The molecule has 0 radical (unpaired) electrons. The zero-order valence-corrected chi connectivity index (χ0v) is 19.2. The number of ether oxygens (including phenoxy) is 2. The Labute approximate surface area is 195 Å². The number of aromatic nitrogens is 5. The number of hydrogen-bond donors (Lipinski definition) is 1. The number of nitrogens with zero attached hydrogens (tertiary/aromatic N) is 7. The molecule has 1 aromatic carbocycles. The summed E-state index contributed by atoms with van der Waals surface area (Å²) in [6.07, 6.45) is -0.789. The van der Waals surface area contributed by atoms with Gasteiger partial charge in [0.1, 0.15) is 11.3 Å². The van der Waals surface area contributed by atoms with Crippen molar-refractivity contribution in [2.75, 3.05) is 63.4 Å². The van der Waals surface area contributed by atoms with Crippen LogP contribution in [-0.4, -0.2) is 84.1 Å². The van der Waals surface area contributed by atoms with Gasteiger partial charge in [0.05, 0.1) is 25.8 Å². The number of fused-ring (bicyclic) bond motifs is 1. The quantitative estimate of drug-likeness (QED) is 0.577. The van der Waals surface area contributed by atoms with Gasteiger partial charge < -0.3 is 24.6 Å². The largest absolute Gasteiger partial charge is 0.494 e. The first-order chi connectivity index (χ1) is 16.6. The van der Waals surface area contributed by atoms with E-state index in [4.69, 9.17) is 14.5 Å². The van der Waals surface area contributed by atoms with E-state index in [1.54, 1.807) is 18.2 Å². The fourth-order valence-electron chi connectivity index (χ4n) is 4.50. The van der Waals surface area contributed by atoms with Gasteiger partial charge in [0.2, 0.25) is 17.8 Å². The van der Waals surface area contributed by atoms with Crippen molar-refractivity contribution < 1.29 is 18.3 Å². The average molecular weight is 475 g/mol. The number of likely N-dealkylation sites (N-methyl/N-ethyl adjacent to an activating group) is 1. The lowest BCUT2D eigenvalue weighted by atomic mass is 10.1. The minimum Gasteiger partial charge on any atom is -0.494 e. The molecule has 0 bridgehead atoms. The van der Waals surface area contributed by atoms with Crippen molar-refractivity contribution in [2.24, 2.45) is 0 Å². The maximum Gasteiger partial charge on any atom is 0.296 e. The van der Waals surface area contributed by atoms with Crippen LogP contribution < -0.4 is 19.9 Å². The normalized spacial score (nSPS) is 19.3. The number of morpholine rings is 1. The first-order valence-electron chi connectivity index (χ1n) is 11.4. The van der Waals surface area contributed by atoms with E-state index in [0.717, 1.165) is 25.9 Å². The highest BCUT2D eigenvalue weighted by molar-refractivity contribution is 5.84. The third kappa shape index (κ3) is 4.23. The predicted molar refractivity (Wildman–Crippen MR) is 123 cm³/mol. The number of piperidine rings is 1. The number of benzene rings is 1. The molecule has 2 aromatic heterocycles. The van der Waals surface area contributed by atoms with Crippen LogP contribution in [0, 0.1) is 0 Å². The summed E-state index contributed by atoms with van der Waals surface area (Å²) in [6.45, 7) is 3.84. The second-order valence-corrected chi connectivity index (χ2v) is 8.34. The fraction of sp³-hybridized carbons (Fsp3) is 0.545. The highest BCUT2D eigenvalue weighted by Gasteiger charge is 2.28. The van der Waals surface area contributed by atoms with Gasteiger partial charge in [-0.15, -0.1) is 0 Å². The number of methoxy groups -OCH3 is 1. The van der Waals surface area contributed by atoms with Crippen LogP contribution in [0.1, 0.15) is 25.1 Å². The van der Waals surface area contributed by atoms with E-state index >= 15 is 0 Å². The number of nitrogens with one attached hydrogen (secondary N) is 1. The molecule has 0 aliphatic carbocycles. The summed E-state index contributed by atoms with van der Waals surface area (Å²) < 4.78 is 40.5. The molecule has 12 heteroatoms. The number of rotatable bonds is 6. The Balaban J connectivity index is 1.68. The van der Waals surface area contributed by atoms with Crippen molar-refractivity contribution in [3.8, 4) is 11.7 Å². The van der Waals surface area contributed by atoms with Gasteiger partial charge in [0.25, 0.3) is 6.43 Å². The van der Waals surface area contributed by atoms with Crippen LogP contribution in [0.15, 0.2) is 18.2 Å². The molecule has 4 heterocycles. The molecular weight excluding hydrogens is 446 g/mol. The van der Waals surface area contributed by atoms with E-state index < -0.39 is 12.2 Å². The van der Waals surface area contributed by atoms with Crippen LogP contribution >= 0.6 is 0 Å². The molecule has 1 N–H and O–H groups in total. The van der Waals surface area contributed by atoms with Gasteiger partial charge in [-0.1, -0.05) is 6.07 Å². The maximum atomic E-state index is 14.2. The Morgan fingerprint density at radius 1 is 1.03 bits per heavy atom. The van der Waals surface area contributed by atoms with E-state index in [0.29, 0.717) is 61.0 Å². The number of imidazole rings is 1. The van der Waals surface area contributed by atoms with E-state index in [2.05, 4.69) is 25.2 Å². The zero-order valence-electron chi connectivity index (χ0n) is 19.2. The smallest absolute Gasteiger partial charge is 0.296 e. The first-order valence-corrected chi connectivity index (χ1v) is 11.4. The summed E-state index contributed by atoms with van der Waals surface area (Å²) in [5.41, 5.74) is 0.787. The van der Waals surface area contributed by atoms with Crippen molar-refractivity contribution in [3.05, 3.63) is 24.0 Å². The second-order valence-electron chi connectivity index (χ2n) is 8.34. The Morgan fingerprint density at radius 2 is 1.76 bits per heavy atom. The van der Waals surface area contributed by atoms with Crippen molar-refractivity contribution >= 4 is 22.9 Å². The lowest BCUT2D eigenvalue weighted by Crippen LogP contribution is -2.45. The number of halogens is 2. The Hall–Kier alpha value is -3.12. The van der Waals surface area contributed by atoms with Gasteiger partial charge in [-0.3, -0.25) is 4.57 Å². The summed E-state index contributed by atoms with van der Waals surface area (Å²) in [7, 11) is 3.42. The monoisotopic (exact) mass is 474 g/mol. The van der Waals surface area contributed by atoms with Gasteiger partial charge in [-0.25, -0.2) is 13.8 Å². The Bertz CT molecular complexity index is 1150. The molecule has 0 amide bonds. The molecule has 0 unspecified atom stereocenters. The third-order valence-electron chi connectivity index (χ3n) is 6.30. The molecule has 3 aromatic rings. The van der Waals surface area contributed by atoms with Crippen molar-refractivity contribution in [1.82, 2.24) is 29.8 Å². The van der Waals surface area contributed by atoms with E-state index in [9.17, 15) is 8.78 Å². The van der Waals surface area contributed by atoms with Crippen molar-refractivity contribution in [2.45, 2.75) is 25.3 Å². The van der Waals surface area contributed by atoms with Gasteiger partial charge in [-0.2, -0.15) is 15.0 Å². The van der Waals surface area contributed by atoms with Crippen LogP contribution in [0.4, 0.5) is 20.7 Å². The van der Waals surface area contributed by atoms with Gasteiger partial charge >= 0.3 is 0 Å². The van der Waals surface area contributed by atoms with Crippen LogP contribution in [0.3, 0.4) is 0 Å². The topological polar surface area (TPSA) is 93.5 Å². The lowest BCUT2D eigenvalue weighted by molar-refractivity contribution is 0.122. The first kappa shape index (κ1) is 22.7. The lowest BCUT2D eigenvalue weighted by Gasteiger charge is -2.33. The minimum absolute atomic E-state index is 0.115. The molecule has 10 nitrogen and oxygen atoms in total.